The third-order valence-corrected chi connectivity index (χ3v) is 3.54. The van der Waals surface area contributed by atoms with E-state index < -0.39 is 11.9 Å². The van der Waals surface area contributed by atoms with Crippen molar-refractivity contribution in [3.63, 3.8) is 0 Å². The number of nitrogens with two attached hydrogens (primary N) is 2. The van der Waals surface area contributed by atoms with Gasteiger partial charge in [0.05, 0.1) is 19.6 Å². The lowest BCUT2D eigenvalue weighted by Gasteiger charge is -2.26. The van der Waals surface area contributed by atoms with Crippen molar-refractivity contribution in [2.45, 2.75) is 37.9 Å². The van der Waals surface area contributed by atoms with Crippen LogP contribution in [0, 0.1) is 0 Å². The zero-order chi connectivity index (χ0) is 15.4. The van der Waals surface area contributed by atoms with Gasteiger partial charge in [0.25, 0.3) is 0 Å². The average molecular weight is 291 g/mol. The number of primary amides is 1. The van der Waals surface area contributed by atoms with Gasteiger partial charge in [0.1, 0.15) is 5.75 Å². The van der Waals surface area contributed by atoms with Gasteiger partial charge in [-0.2, -0.15) is 0 Å². The summed E-state index contributed by atoms with van der Waals surface area (Å²) in [6.45, 7) is 0.431. The zero-order valence-corrected chi connectivity index (χ0v) is 12.1. The third kappa shape index (κ3) is 3.95. The van der Waals surface area contributed by atoms with Crippen molar-refractivity contribution < 1.29 is 14.3 Å². The third-order valence-electron chi connectivity index (χ3n) is 3.54. The topological polar surface area (TPSA) is 98.7 Å². The van der Waals surface area contributed by atoms with Crippen molar-refractivity contribution >= 4 is 11.8 Å². The summed E-state index contributed by atoms with van der Waals surface area (Å²) < 4.78 is 5.31. The van der Waals surface area contributed by atoms with Crippen LogP contribution in [0.25, 0.3) is 0 Å². The van der Waals surface area contributed by atoms with Gasteiger partial charge >= 0.3 is 0 Å². The number of benzene rings is 1. The highest BCUT2D eigenvalue weighted by molar-refractivity contribution is 5.88. The monoisotopic (exact) mass is 291 g/mol. The van der Waals surface area contributed by atoms with Crippen LogP contribution in [0.1, 0.15) is 24.8 Å². The Morgan fingerprint density at radius 1 is 1.38 bits per heavy atom. The summed E-state index contributed by atoms with van der Waals surface area (Å²) in [5.74, 6) is -0.0643. The molecule has 6 nitrogen and oxygen atoms in total. The van der Waals surface area contributed by atoms with Crippen molar-refractivity contribution in [3.05, 3.63) is 29.8 Å². The minimum Gasteiger partial charge on any atom is -0.496 e. The highest BCUT2D eigenvalue weighted by Gasteiger charge is 2.35. The van der Waals surface area contributed by atoms with Crippen LogP contribution >= 0.6 is 0 Å². The summed E-state index contributed by atoms with van der Waals surface area (Å²) >= 11 is 0. The molecule has 1 unspecified atom stereocenters. The van der Waals surface area contributed by atoms with Gasteiger partial charge < -0.3 is 21.1 Å². The second-order valence-corrected chi connectivity index (χ2v) is 5.29. The first-order valence-electron chi connectivity index (χ1n) is 6.99. The summed E-state index contributed by atoms with van der Waals surface area (Å²) in [5.41, 5.74) is 11.8. The van der Waals surface area contributed by atoms with E-state index in [4.69, 9.17) is 16.2 Å². The Hall–Kier alpha value is -2.08. The Bertz CT molecular complexity index is 529. The van der Waals surface area contributed by atoms with Crippen LogP contribution in [-0.2, 0) is 16.1 Å². The van der Waals surface area contributed by atoms with Gasteiger partial charge in [-0.25, -0.2) is 0 Å². The first-order chi connectivity index (χ1) is 10.0. The Labute approximate surface area is 124 Å². The average Bonchev–Trinajstić information content (AvgIpc) is 3.28. The first-order valence-corrected chi connectivity index (χ1v) is 6.99. The summed E-state index contributed by atoms with van der Waals surface area (Å²) in [7, 11) is 1.60. The lowest BCUT2D eigenvalue weighted by atomic mass is 10.1. The predicted molar refractivity (Wildman–Crippen MR) is 78.4 cm³/mol. The van der Waals surface area contributed by atoms with E-state index in [1.807, 2.05) is 24.3 Å². The van der Waals surface area contributed by atoms with E-state index >= 15 is 0 Å². The van der Waals surface area contributed by atoms with Crippen molar-refractivity contribution in [1.29, 1.82) is 0 Å². The molecule has 6 heteroatoms. The molecule has 1 aromatic carbocycles. The highest BCUT2D eigenvalue weighted by atomic mass is 16.5. The van der Waals surface area contributed by atoms with E-state index in [0.717, 1.165) is 24.2 Å². The second kappa shape index (κ2) is 6.58. The summed E-state index contributed by atoms with van der Waals surface area (Å²) in [6, 6.07) is 6.87. The Kier molecular flexibility index (Phi) is 4.80. The molecule has 0 saturated heterocycles. The minimum absolute atomic E-state index is 0.131. The van der Waals surface area contributed by atoms with Gasteiger partial charge in [-0.3, -0.25) is 9.59 Å². The van der Waals surface area contributed by atoms with E-state index in [-0.39, 0.29) is 18.4 Å². The Balaban J connectivity index is 2.12. The quantitative estimate of drug-likeness (QED) is 0.759. The molecule has 1 fully saturated rings. The standard InChI is InChI=1S/C15H21N3O3/c1-21-13-5-3-2-4-10(13)9-18(11-6-7-11)15(20)12(16)8-14(17)19/h2-5,11-12H,6-9,16H2,1H3,(H2,17,19). The number of ether oxygens (including phenoxy) is 1. The molecule has 1 atom stereocenters. The van der Waals surface area contributed by atoms with Crippen molar-refractivity contribution in [2.24, 2.45) is 11.5 Å². The van der Waals surface area contributed by atoms with Gasteiger partial charge in [-0.1, -0.05) is 18.2 Å². The number of para-hydroxylation sites is 1. The van der Waals surface area contributed by atoms with Gasteiger partial charge in [0.2, 0.25) is 11.8 Å². The molecule has 0 radical (unpaired) electrons. The summed E-state index contributed by atoms with van der Waals surface area (Å²) in [4.78, 5) is 25.1. The number of nitrogens with zero attached hydrogens (tertiary/aromatic N) is 1. The van der Waals surface area contributed by atoms with Crippen molar-refractivity contribution in [2.75, 3.05) is 7.11 Å². The SMILES string of the molecule is COc1ccccc1CN(C(=O)C(N)CC(N)=O)C1CC1. The van der Waals surface area contributed by atoms with Crippen LogP contribution in [0.15, 0.2) is 24.3 Å². The van der Waals surface area contributed by atoms with E-state index in [2.05, 4.69) is 0 Å². The maximum Gasteiger partial charge on any atom is 0.240 e. The number of carbonyl (C=O) groups is 2. The molecule has 1 saturated carbocycles. The van der Waals surface area contributed by atoms with E-state index in [9.17, 15) is 9.59 Å². The van der Waals surface area contributed by atoms with Gasteiger partial charge in [0.15, 0.2) is 0 Å². The van der Waals surface area contributed by atoms with Crippen LogP contribution in [0.4, 0.5) is 0 Å². The fraction of sp³-hybridized carbons (Fsp3) is 0.467. The molecule has 114 valence electrons. The maximum absolute atomic E-state index is 12.4. The largest absolute Gasteiger partial charge is 0.496 e. The van der Waals surface area contributed by atoms with Crippen molar-refractivity contribution in [1.82, 2.24) is 4.90 Å². The van der Waals surface area contributed by atoms with E-state index in [1.54, 1.807) is 12.0 Å². The predicted octanol–water partition coefficient (Wildman–Crippen LogP) is 0.389. The summed E-state index contributed by atoms with van der Waals surface area (Å²) in [5, 5.41) is 0. The minimum atomic E-state index is -0.877. The number of hydrogen-bond acceptors (Lipinski definition) is 4. The lowest BCUT2D eigenvalue weighted by molar-refractivity contribution is -0.135. The molecular formula is C15H21N3O3. The van der Waals surface area contributed by atoms with Crippen LogP contribution in [-0.4, -0.2) is 35.9 Å². The highest BCUT2D eigenvalue weighted by Crippen LogP contribution is 2.30. The smallest absolute Gasteiger partial charge is 0.240 e. The Morgan fingerprint density at radius 3 is 2.62 bits per heavy atom. The Morgan fingerprint density at radius 2 is 2.05 bits per heavy atom. The molecule has 0 spiro atoms. The molecule has 1 aromatic rings. The fourth-order valence-corrected chi connectivity index (χ4v) is 2.31. The maximum atomic E-state index is 12.4. The second-order valence-electron chi connectivity index (χ2n) is 5.29. The zero-order valence-electron chi connectivity index (χ0n) is 12.1. The van der Waals surface area contributed by atoms with Gasteiger partial charge in [-0.15, -0.1) is 0 Å². The molecule has 0 aliphatic heterocycles. The normalized spacial score (nSPS) is 15.3. The molecular weight excluding hydrogens is 270 g/mol. The van der Waals surface area contributed by atoms with E-state index in [1.165, 1.54) is 0 Å². The summed E-state index contributed by atoms with van der Waals surface area (Å²) in [6.07, 6.45) is 1.79. The van der Waals surface area contributed by atoms with Crippen molar-refractivity contribution in [3.8, 4) is 5.75 Å². The van der Waals surface area contributed by atoms with Crippen LogP contribution in [0.3, 0.4) is 0 Å². The lowest BCUT2D eigenvalue weighted by Crippen LogP contribution is -2.46. The molecule has 4 N–H and O–H groups in total. The number of amides is 2. The van der Waals surface area contributed by atoms with Gasteiger partial charge in [0, 0.05) is 18.2 Å². The molecule has 1 aliphatic rings. The molecule has 1 aliphatic carbocycles. The molecule has 0 aromatic heterocycles. The molecule has 21 heavy (non-hydrogen) atoms. The van der Waals surface area contributed by atoms with E-state index in [0.29, 0.717) is 6.54 Å². The number of methoxy groups -OCH3 is 1. The molecule has 0 heterocycles. The molecule has 0 bridgehead atoms. The van der Waals surface area contributed by atoms with Crippen LogP contribution in [0.5, 0.6) is 5.75 Å². The van der Waals surface area contributed by atoms with Gasteiger partial charge in [-0.05, 0) is 18.9 Å². The molecule has 2 amide bonds. The van der Waals surface area contributed by atoms with Crippen LogP contribution in [0.2, 0.25) is 0 Å². The fourth-order valence-electron chi connectivity index (χ4n) is 2.31. The first kappa shape index (κ1) is 15.3. The molecule has 2 rings (SSSR count). The van der Waals surface area contributed by atoms with Crippen LogP contribution < -0.4 is 16.2 Å². The number of rotatable bonds is 7. The number of carbonyl (C=O) groups excluding carboxylic acids is 2. The number of hydrogen-bond donors (Lipinski definition) is 2.